The fourth-order valence-corrected chi connectivity index (χ4v) is 9.70. The molecule has 6 nitrogen and oxygen atoms in total. The molecule has 0 aliphatic rings. The first-order valence-electron chi connectivity index (χ1n) is 33.4. The standard InChI is InChI=1S/C71H126O6/c1-4-7-10-13-16-19-21-23-25-27-29-31-33-34-35-36-38-39-41-43-45-47-49-52-55-58-61-64-70(73)76-67-68(66-75-69(72)63-60-57-54-51-18-15-12-9-6-3)77-71(74)65-62-59-56-53-50-48-46-44-42-40-37-32-30-28-26-24-22-20-17-14-11-8-5-2/h7,10,16,19,22-25,28-31,68H,4-6,8-9,11-15,17-18,20-21,26-27,32-67H2,1-3H3/b10-7-,19-16-,24-22-,25-23-,30-28-,31-29-. The van der Waals surface area contributed by atoms with E-state index in [1.165, 1.54) is 212 Å². The maximum Gasteiger partial charge on any atom is 0.306 e. The lowest BCUT2D eigenvalue weighted by Crippen LogP contribution is -2.30. The monoisotopic (exact) mass is 1070 g/mol. The Hall–Kier alpha value is -3.15. The van der Waals surface area contributed by atoms with Gasteiger partial charge in [-0.15, -0.1) is 0 Å². The van der Waals surface area contributed by atoms with Crippen LogP contribution < -0.4 is 0 Å². The number of hydrogen-bond donors (Lipinski definition) is 0. The molecule has 0 N–H and O–H groups in total. The highest BCUT2D eigenvalue weighted by Gasteiger charge is 2.19. The van der Waals surface area contributed by atoms with Gasteiger partial charge in [0.25, 0.3) is 0 Å². The Kier molecular flexibility index (Phi) is 62.7. The third kappa shape index (κ3) is 63.6. The summed E-state index contributed by atoms with van der Waals surface area (Å²) in [5, 5.41) is 0. The lowest BCUT2D eigenvalue weighted by atomic mass is 10.0. The van der Waals surface area contributed by atoms with Gasteiger partial charge in [0.2, 0.25) is 0 Å². The van der Waals surface area contributed by atoms with E-state index >= 15 is 0 Å². The van der Waals surface area contributed by atoms with Gasteiger partial charge >= 0.3 is 17.9 Å². The molecule has 0 aromatic heterocycles. The average Bonchev–Trinajstić information content (AvgIpc) is 3.43. The van der Waals surface area contributed by atoms with E-state index in [9.17, 15) is 14.4 Å². The molecule has 0 spiro atoms. The van der Waals surface area contributed by atoms with Gasteiger partial charge in [0.1, 0.15) is 13.2 Å². The molecule has 446 valence electrons. The zero-order valence-electron chi connectivity index (χ0n) is 51.2. The molecule has 0 amide bonds. The van der Waals surface area contributed by atoms with Crippen LogP contribution in [0.4, 0.5) is 0 Å². The van der Waals surface area contributed by atoms with E-state index < -0.39 is 6.10 Å². The predicted octanol–water partition coefficient (Wildman–Crippen LogP) is 22.9. The first kappa shape index (κ1) is 73.8. The molecular formula is C71H126O6. The van der Waals surface area contributed by atoms with E-state index in [1.807, 2.05) is 0 Å². The average molecular weight is 1080 g/mol. The highest BCUT2D eigenvalue weighted by Crippen LogP contribution is 2.17. The minimum atomic E-state index is -0.774. The molecule has 0 fully saturated rings. The minimum absolute atomic E-state index is 0.0721. The van der Waals surface area contributed by atoms with Gasteiger partial charge in [0.15, 0.2) is 6.10 Å². The van der Waals surface area contributed by atoms with Crippen LogP contribution in [0.3, 0.4) is 0 Å². The van der Waals surface area contributed by atoms with Crippen molar-refractivity contribution in [1.82, 2.24) is 0 Å². The zero-order valence-corrected chi connectivity index (χ0v) is 51.2. The van der Waals surface area contributed by atoms with Crippen LogP contribution in [-0.4, -0.2) is 37.2 Å². The van der Waals surface area contributed by atoms with Gasteiger partial charge in [-0.25, -0.2) is 0 Å². The van der Waals surface area contributed by atoms with Gasteiger partial charge in [-0.2, -0.15) is 0 Å². The van der Waals surface area contributed by atoms with Crippen LogP contribution in [0.15, 0.2) is 72.9 Å². The Morgan fingerprint density at radius 1 is 0.273 bits per heavy atom. The first-order valence-corrected chi connectivity index (χ1v) is 33.4. The van der Waals surface area contributed by atoms with Gasteiger partial charge in [-0.1, -0.05) is 306 Å². The number of rotatable bonds is 61. The van der Waals surface area contributed by atoms with E-state index in [4.69, 9.17) is 14.2 Å². The van der Waals surface area contributed by atoms with E-state index in [2.05, 4.69) is 93.7 Å². The number of carbonyl (C=O) groups is 3. The fraction of sp³-hybridized carbons (Fsp3) is 0.789. The van der Waals surface area contributed by atoms with Crippen molar-refractivity contribution >= 4 is 17.9 Å². The molecule has 0 bridgehead atoms. The Morgan fingerprint density at radius 2 is 0.506 bits per heavy atom. The van der Waals surface area contributed by atoms with Crippen molar-refractivity contribution < 1.29 is 28.6 Å². The van der Waals surface area contributed by atoms with Crippen LogP contribution in [-0.2, 0) is 28.6 Å². The number of carbonyl (C=O) groups excluding carboxylic acids is 3. The van der Waals surface area contributed by atoms with Gasteiger partial charge in [-0.3, -0.25) is 14.4 Å². The second-order valence-electron chi connectivity index (χ2n) is 22.4. The topological polar surface area (TPSA) is 78.9 Å². The zero-order chi connectivity index (χ0) is 55.7. The molecule has 0 radical (unpaired) electrons. The van der Waals surface area contributed by atoms with Crippen LogP contribution >= 0.6 is 0 Å². The molecule has 1 atom stereocenters. The molecule has 0 heterocycles. The largest absolute Gasteiger partial charge is 0.462 e. The Balaban J connectivity index is 4.16. The van der Waals surface area contributed by atoms with E-state index in [0.717, 1.165) is 89.9 Å². The summed E-state index contributed by atoms with van der Waals surface area (Å²) < 4.78 is 16.9. The van der Waals surface area contributed by atoms with Crippen molar-refractivity contribution in [1.29, 1.82) is 0 Å². The van der Waals surface area contributed by atoms with Crippen LogP contribution in [0.25, 0.3) is 0 Å². The van der Waals surface area contributed by atoms with E-state index in [-0.39, 0.29) is 31.1 Å². The lowest BCUT2D eigenvalue weighted by Gasteiger charge is -2.18. The Morgan fingerprint density at radius 3 is 0.792 bits per heavy atom. The first-order chi connectivity index (χ1) is 38.0. The molecule has 0 saturated heterocycles. The fourth-order valence-electron chi connectivity index (χ4n) is 9.70. The summed E-state index contributed by atoms with van der Waals surface area (Å²) in [5.74, 6) is -0.860. The van der Waals surface area contributed by atoms with Crippen molar-refractivity contribution in [2.45, 2.75) is 348 Å². The molecule has 0 aromatic rings. The van der Waals surface area contributed by atoms with Gasteiger partial charge in [0.05, 0.1) is 0 Å². The number of unbranched alkanes of at least 4 members (excludes halogenated alkanes) is 38. The molecule has 0 aliphatic heterocycles. The van der Waals surface area contributed by atoms with Crippen molar-refractivity contribution in [3.8, 4) is 0 Å². The van der Waals surface area contributed by atoms with E-state index in [0.29, 0.717) is 19.3 Å². The van der Waals surface area contributed by atoms with Gasteiger partial charge in [-0.05, 0) is 89.9 Å². The summed E-state index contributed by atoms with van der Waals surface area (Å²) in [6, 6.07) is 0. The molecule has 0 aromatic carbocycles. The summed E-state index contributed by atoms with van der Waals surface area (Å²) in [4.78, 5) is 38.2. The quantitative estimate of drug-likeness (QED) is 0.0261. The second kappa shape index (κ2) is 65.4. The van der Waals surface area contributed by atoms with Gasteiger partial charge < -0.3 is 14.2 Å². The third-order valence-corrected chi connectivity index (χ3v) is 14.7. The number of hydrogen-bond acceptors (Lipinski definition) is 6. The number of esters is 3. The molecule has 6 heteroatoms. The van der Waals surface area contributed by atoms with Crippen molar-refractivity contribution in [3.63, 3.8) is 0 Å². The highest BCUT2D eigenvalue weighted by atomic mass is 16.6. The Labute approximate surface area is 478 Å². The van der Waals surface area contributed by atoms with Crippen LogP contribution in [0.1, 0.15) is 342 Å². The normalized spacial score (nSPS) is 12.5. The molecule has 77 heavy (non-hydrogen) atoms. The minimum Gasteiger partial charge on any atom is -0.462 e. The van der Waals surface area contributed by atoms with Gasteiger partial charge in [0, 0.05) is 19.3 Å². The molecule has 0 aliphatic carbocycles. The summed E-state index contributed by atoms with van der Waals surface area (Å²) in [5.41, 5.74) is 0. The highest BCUT2D eigenvalue weighted by molar-refractivity contribution is 5.71. The van der Waals surface area contributed by atoms with Crippen molar-refractivity contribution in [3.05, 3.63) is 72.9 Å². The molecule has 0 saturated carbocycles. The number of allylic oxidation sites excluding steroid dienone is 12. The SMILES string of the molecule is CC/C=C\C/C=C\C/C=C\C/C=C\CCCCCCCCCCCCCCCCC(=O)OCC(COC(=O)CCCCCCCCCCC)OC(=O)CCCCCCCCCCCCC/C=C\C/C=C\CCCCCCC. The van der Waals surface area contributed by atoms with Crippen LogP contribution in [0, 0.1) is 0 Å². The van der Waals surface area contributed by atoms with Crippen LogP contribution in [0.2, 0.25) is 0 Å². The summed E-state index contributed by atoms with van der Waals surface area (Å²) in [6.45, 7) is 6.54. The van der Waals surface area contributed by atoms with E-state index in [1.54, 1.807) is 0 Å². The summed E-state index contributed by atoms with van der Waals surface area (Å²) in [6.07, 6.45) is 85.0. The smallest absolute Gasteiger partial charge is 0.306 e. The second-order valence-corrected chi connectivity index (χ2v) is 22.4. The lowest BCUT2D eigenvalue weighted by molar-refractivity contribution is -0.167. The molecule has 0 rings (SSSR count). The predicted molar refractivity (Wildman–Crippen MR) is 335 cm³/mol. The molecule has 1 unspecified atom stereocenters. The molecular weight excluding hydrogens is 949 g/mol. The Bertz CT molecular complexity index is 1420. The summed E-state index contributed by atoms with van der Waals surface area (Å²) in [7, 11) is 0. The summed E-state index contributed by atoms with van der Waals surface area (Å²) >= 11 is 0. The maximum atomic E-state index is 12.9. The van der Waals surface area contributed by atoms with Crippen LogP contribution in [0.5, 0.6) is 0 Å². The third-order valence-electron chi connectivity index (χ3n) is 14.7. The maximum absolute atomic E-state index is 12.9. The van der Waals surface area contributed by atoms with Crippen molar-refractivity contribution in [2.24, 2.45) is 0 Å². The number of ether oxygens (including phenoxy) is 3. The van der Waals surface area contributed by atoms with Crippen molar-refractivity contribution in [2.75, 3.05) is 13.2 Å².